The molecule has 1 rings (SSSR count). The van der Waals surface area contributed by atoms with Gasteiger partial charge in [-0.05, 0) is 6.07 Å². The van der Waals surface area contributed by atoms with Crippen molar-refractivity contribution in [3.05, 3.63) is 17.9 Å². The number of rotatable bonds is 6. The molecule has 0 saturated heterocycles. The van der Waals surface area contributed by atoms with Crippen molar-refractivity contribution < 1.29 is 26.3 Å². The van der Waals surface area contributed by atoms with Crippen molar-refractivity contribution in [1.82, 2.24) is 0 Å². The van der Waals surface area contributed by atoms with Crippen molar-refractivity contribution in [3.8, 4) is 5.75 Å². The first-order chi connectivity index (χ1) is 8.69. The van der Waals surface area contributed by atoms with E-state index in [1.807, 2.05) is 0 Å². The van der Waals surface area contributed by atoms with E-state index in [1.54, 1.807) is 0 Å². The molecule has 0 atom stereocenters. The molecular formula is C10H12F3NO3S2. The molecule has 1 aromatic carbocycles. The van der Waals surface area contributed by atoms with Crippen LogP contribution in [0.25, 0.3) is 0 Å². The minimum absolute atomic E-state index is 0.0395. The standard InChI is InChI=1S/C10H12F3NO3S2/c1-19(15,16)3-2-18-9-5-8(17-10(12)13)6(11)4-7(9)14/h4-5,10H,2-3,14H2,1H3. The summed E-state index contributed by atoms with van der Waals surface area (Å²) in [6.45, 7) is -3.15. The van der Waals surface area contributed by atoms with Gasteiger partial charge in [-0.15, -0.1) is 11.8 Å². The highest BCUT2D eigenvalue weighted by Gasteiger charge is 2.14. The van der Waals surface area contributed by atoms with E-state index < -0.39 is 28.0 Å². The van der Waals surface area contributed by atoms with E-state index in [9.17, 15) is 21.6 Å². The molecule has 0 radical (unpaired) electrons. The van der Waals surface area contributed by atoms with E-state index in [0.717, 1.165) is 30.2 Å². The number of alkyl halides is 2. The lowest BCUT2D eigenvalue weighted by Gasteiger charge is -2.10. The summed E-state index contributed by atoms with van der Waals surface area (Å²) in [5.74, 6) is -1.53. The van der Waals surface area contributed by atoms with Crippen LogP contribution in [0.15, 0.2) is 17.0 Å². The summed E-state index contributed by atoms with van der Waals surface area (Å²) in [5.41, 5.74) is 5.56. The zero-order chi connectivity index (χ0) is 14.6. The highest BCUT2D eigenvalue weighted by Crippen LogP contribution is 2.32. The first kappa shape index (κ1) is 16.0. The highest BCUT2D eigenvalue weighted by molar-refractivity contribution is 8.00. The Bertz CT molecular complexity index is 549. The smallest absolute Gasteiger partial charge is 0.387 e. The van der Waals surface area contributed by atoms with Crippen LogP contribution in [0.5, 0.6) is 5.75 Å². The summed E-state index contributed by atoms with van der Waals surface area (Å²) >= 11 is 1.03. The summed E-state index contributed by atoms with van der Waals surface area (Å²) in [4.78, 5) is 0.292. The van der Waals surface area contributed by atoms with E-state index in [1.165, 1.54) is 0 Å². The SMILES string of the molecule is CS(=O)(=O)CCSc1cc(OC(F)F)c(F)cc1N. The molecule has 9 heteroatoms. The summed E-state index contributed by atoms with van der Waals surface area (Å²) in [6, 6.07) is 1.89. The van der Waals surface area contributed by atoms with Crippen molar-refractivity contribution in [2.75, 3.05) is 23.5 Å². The summed E-state index contributed by atoms with van der Waals surface area (Å²) in [5, 5.41) is 0. The van der Waals surface area contributed by atoms with Gasteiger partial charge in [0.2, 0.25) is 0 Å². The van der Waals surface area contributed by atoms with Crippen LogP contribution in [0.1, 0.15) is 0 Å². The average Bonchev–Trinajstić information content (AvgIpc) is 2.22. The molecule has 0 spiro atoms. The fraction of sp³-hybridized carbons (Fsp3) is 0.400. The summed E-state index contributed by atoms with van der Waals surface area (Å²) in [6.07, 6.45) is 1.08. The molecule has 4 nitrogen and oxygen atoms in total. The van der Waals surface area contributed by atoms with Gasteiger partial charge >= 0.3 is 6.61 Å². The number of hydrogen-bond acceptors (Lipinski definition) is 5. The van der Waals surface area contributed by atoms with E-state index in [-0.39, 0.29) is 17.2 Å². The molecule has 0 saturated carbocycles. The number of ether oxygens (including phenoxy) is 1. The Morgan fingerprint density at radius 1 is 1.42 bits per heavy atom. The second-order valence-electron chi connectivity index (χ2n) is 3.68. The lowest BCUT2D eigenvalue weighted by molar-refractivity contribution is -0.0523. The first-order valence-corrected chi connectivity index (χ1v) is 8.08. The summed E-state index contributed by atoms with van der Waals surface area (Å²) in [7, 11) is -3.13. The largest absolute Gasteiger partial charge is 0.432 e. The Balaban J connectivity index is 2.83. The van der Waals surface area contributed by atoms with Crippen molar-refractivity contribution in [2.24, 2.45) is 0 Å². The van der Waals surface area contributed by atoms with E-state index in [4.69, 9.17) is 5.73 Å². The van der Waals surface area contributed by atoms with Gasteiger partial charge in [0.05, 0.1) is 5.75 Å². The normalized spacial score (nSPS) is 11.8. The minimum Gasteiger partial charge on any atom is -0.432 e. The number of hydrogen-bond donors (Lipinski definition) is 1. The number of thioether (sulfide) groups is 1. The molecule has 0 aromatic heterocycles. The van der Waals surface area contributed by atoms with Crippen LogP contribution in [-0.4, -0.2) is 32.8 Å². The fourth-order valence-corrected chi connectivity index (χ4v) is 3.34. The maximum Gasteiger partial charge on any atom is 0.387 e. The molecule has 0 aliphatic rings. The molecule has 0 unspecified atom stereocenters. The maximum absolute atomic E-state index is 13.3. The number of nitrogens with two attached hydrogens (primary N) is 1. The van der Waals surface area contributed by atoms with E-state index >= 15 is 0 Å². The van der Waals surface area contributed by atoms with Gasteiger partial charge in [0.1, 0.15) is 9.84 Å². The van der Waals surface area contributed by atoms with Crippen LogP contribution in [-0.2, 0) is 9.84 Å². The Morgan fingerprint density at radius 2 is 2.05 bits per heavy atom. The lowest BCUT2D eigenvalue weighted by atomic mass is 10.3. The van der Waals surface area contributed by atoms with Crippen LogP contribution in [0.3, 0.4) is 0 Å². The predicted molar refractivity (Wildman–Crippen MR) is 67.9 cm³/mol. The third kappa shape index (κ3) is 5.60. The topological polar surface area (TPSA) is 69.4 Å². The molecule has 108 valence electrons. The van der Waals surface area contributed by atoms with Crippen LogP contribution >= 0.6 is 11.8 Å². The molecule has 0 bridgehead atoms. The van der Waals surface area contributed by atoms with Crippen LogP contribution in [0.2, 0.25) is 0 Å². The lowest BCUT2D eigenvalue weighted by Crippen LogP contribution is -2.06. The summed E-state index contributed by atoms with van der Waals surface area (Å²) < 4.78 is 63.2. The molecule has 2 N–H and O–H groups in total. The van der Waals surface area contributed by atoms with Gasteiger partial charge in [-0.3, -0.25) is 0 Å². The van der Waals surface area contributed by atoms with Crippen LogP contribution in [0.4, 0.5) is 18.9 Å². The van der Waals surface area contributed by atoms with Crippen LogP contribution < -0.4 is 10.5 Å². The first-order valence-electron chi connectivity index (χ1n) is 5.03. The van der Waals surface area contributed by atoms with Gasteiger partial charge in [0, 0.05) is 28.7 Å². The number of anilines is 1. The third-order valence-electron chi connectivity index (χ3n) is 1.99. The zero-order valence-corrected chi connectivity index (χ0v) is 11.5. The number of benzene rings is 1. The Hall–Kier alpha value is -1.09. The van der Waals surface area contributed by atoms with Gasteiger partial charge in [0.25, 0.3) is 0 Å². The van der Waals surface area contributed by atoms with Crippen molar-refractivity contribution in [1.29, 1.82) is 0 Å². The number of nitrogen functional groups attached to an aromatic ring is 1. The molecule has 0 aliphatic carbocycles. The van der Waals surface area contributed by atoms with Crippen molar-refractivity contribution in [3.63, 3.8) is 0 Å². The second kappa shape index (κ2) is 6.38. The maximum atomic E-state index is 13.3. The second-order valence-corrected chi connectivity index (χ2v) is 7.07. The molecule has 0 aliphatic heterocycles. The molecule has 0 amide bonds. The molecular weight excluding hydrogens is 303 g/mol. The fourth-order valence-electron chi connectivity index (χ4n) is 1.16. The highest BCUT2D eigenvalue weighted by atomic mass is 32.2. The Morgan fingerprint density at radius 3 is 2.58 bits per heavy atom. The Labute approximate surface area is 113 Å². The Kier molecular flexibility index (Phi) is 5.36. The van der Waals surface area contributed by atoms with Crippen LogP contribution in [0, 0.1) is 5.82 Å². The van der Waals surface area contributed by atoms with Gasteiger partial charge in [-0.2, -0.15) is 8.78 Å². The van der Waals surface area contributed by atoms with Gasteiger partial charge in [0.15, 0.2) is 11.6 Å². The molecule has 19 heavy (non-hydrogen) atoms. The van der Waals surface area contributed by atoms with E-state index in [2.05, 4.69) is 4.74 Å². The molecule has 0 heterocycles. The number of halogens is 3. The third-order valence-corrected chi connectivity index (χ3v) is 4.27. The molecule has 1 aromatic rings. The van der Waals surface area contributed by atoms with Gasteiger partial charge in [-0.1, -0.05) is 0 Å². The zero-order valence-electron chi connectivity index (χ0n) is 9.90. The van der Waals surface area contributed by atoms with Gasteiger partial charge < -0.3 is 10.5 Å². The van der Waals surface area contributed by atoms with Gasteiger partial charge in [-0.25, -0.2) is 12.8 Å². The van der Waals surface area contributed by atoms with Crippen molar-refractivity contribution in [2.45, 2.75) is 11.5 Å². The predicted octanol–water partition coefficient (Wildman–Crippen LogP) is 2.15. The molecule has 0 fully saturated rings. The minimum atomic E-state index is -3.15. The average molecular weight is 315 g/mol. The van der Waals surface area contributed by atoms with Crippen molar-refractivity contribution >= 4 is 27.3 Å². The quantitative estimate of drug-likeness (QED) is 0.643. The number of sulfone groups is 1. The van der Waals surface area contributed by atoms with E-state index in [0.29, 0.717) is 4.90 Å². The monoisotopic (exact) mass is 315 g/mol.